The molecule has 0 aliphatic heterocycles. The number of rotatable bonds is 7. The van der Waals surface area contributed by atoms with Gasteiger partial charge < -0.3 is 15.4 Å². The molecule has 0 saturated heterocycles. The van der Waals surface area contributed by atoms with E-state index in [2.05, 4.69) is 33.6 Å². The summed E-state index contributed by atoms with van der Waals surface area (Å²) in [7, 11) is 1.79. The van der Waals surface area contributed by atoms with Crippen molar-refractivity contribution < 1.29 is 4.74 Å². The Kier molecular flexibility index (Phi) is 7.00. The van der Waals surface area contributed by atoms with Crippen LogP contribution in [0.1, 0.15) is 51.0 Å². The maximum atomic E-state index is 6.06. The van der Waals surface area contributed by atoms with Crippen molar-refractivity contribution in [2.24, 2.45) is 4.99 Å². The summed E-state index contributed by atoms with van der Waals surface area (Å²) in [6, 6.07) is 4.01. The number of aliphatic imine (C=N–C) groups is 1. The van der Waals surface area contributed by atoms with Gasteiger partial charge in [0, 0.05) is 31.9 Å². The van der Waals surface area contributed by atoms with Gasteiger partial charge in [-0.05, 0) is 38.2 Å². The second kappa shape index (κ2) is 9.28. The fraction of sp³-hybridized carbons (Fsp3) is 0.647. The van der Waals surface area contributed by atoms with E-state index in [0.29, 0.717) is 12.6 Å². The molecule has 22 heavy (non-hydrogen) atoms. The number of nitrogens with zero attached hydrogens (tertiary/aromatic N) is 2. The van der Waals surface area contributed by atoms with Crippen LogP contribution in [0.3, 0.4) is 0 Å². The highest BCUT2D eigenvalue weighted by atomic mass is 16.5. The van der Waals surface area contributed by atoms with Crippen LogP contribution in [0.25, 0.3) is 0 Å². The molecule has 1 aliphatic carbocycles. The molecular formula is C17H28N4O. The quantitative estimate of drug-likeness (QED) is 0.462. The predicted octanol–water partition coefficient (Wildman–Crippen LogP) is 2.87. The Morgan fingerprint density at radius 1 is 1.36 bits per heavy atom. The molecular weight excluding hydrogens is 276 g/mol. The minimum atomic E-state index is 0.329. The third-order valence-corrected chi connectivity index (χ3v) is 3.92. The van der Waals surface area contributed by atoms with Gasteiger partial charge >= 0.3 is 0 Å². The van der Waals surface area contributed by atoms with Crippen LogP contribution in [0.15, 0.2) is 23.3 Å². The number of unbranched alkanes of at least 4 members (excludes halogenated alkanes) is 1. The van der Waals surface area contributed by atoms with Crippen molar-refractivity contribution in [1.29, 1.82) is 0 Å². The minimum Gasteiger partial charge on any atom is -0.474 e. The average Bonchev–Trinajstić information content (AvgIpc) is 3.05. The lowest BCUT2D eigenvalue weighted by molar-refractivity contribution is 0.199. The maximum absolute atomic E-state index is 6.06. The summed E-state index contributed by atoms with van der Waals surface area (Å²) in [6.45, 7) is 3.79. The first-order chi connectivity index (χ1) is 10.8. The van der Waals surface area contributed by atoms with Crippen LogP contribution in [0.2, 0.25) is 0 Å². The molecule has 2 N–H and O–H groups in total. The van der Waals surface area contributed by atoms with Crippen LogP contribution in [0.4, 0.5) is 0 Å². The summed E-state index contributed by atoms with van der Waals surface area (Å²) in [4.78, 5) is 8.64. The van der Waals surface area contributed by atoms with E-state index in [1.165, 1.54) is 19.3 Å². The molecule has 5 nitrogen and oxygen atoms in total. The number of nitrogens with one attached hydrogen (secondary N) is 2. The van der Waals surface area contributed by atoms with E-state index in [4.69, 9.17) is 4.74 Å². The summed E-state index contributed by atoms with van der Waals surface area (Å²) in [5.41, 5.74) is 1.08. The van der Waals surface area contributed by atoms with E-state index >= 15 is 0 Å². The first-order valence-corrected chi connectivity index (χ1v) is 8.38. The van der Waals surface area contributed by atoms with Crippen molar-refractivity contribution >= 4 is 5.96 Å². The number of ether oxygens (including phenoxy) is 1. The van der Waals surface area contributed by atoms with Crippen molar-refractivity contribution in [1.82, 2.24) is 15.6 Å². The van der Waals surface area contributed by atoms with Crippen LogP contribution < -0.4 is 15.4 Å². The van der Waals surface area contributed by atoms with Crippen molar-refractivity contribution in [2.45, 2.75) is 58.1 Å². The van der Waals surface area contributed by atoms with Gasteiger partial charge in [0.1, 0.15) is 6.10 Å². The second-order valence-electron chi connectivity index (χ2n) is 5.70. The lowest BCUT2D eigenvalue weighted by atomic mass is 10.2. The minimum absolute atomic E-state index is 0.329. The summed E-state index contributed by atoms with van der Waals surface area (Å²) in [5.74, 6) is 1.58. The molecule has 1 saturated carbocycles. The number of hydrogen-bond donors (Lipinski definition) is 2. The molecule has 1 aromatic heterocycles. The molecule has 0 aromatic carbocycles. The summed E-state index contributed by atoms with van der Waals surface area (Å²) < 4.78 is 6.06. The summed E-state index contributed by atoms with van der Waals surface area (Å²) in [6.07, 6.45) is 9.25. The summed E-state index contributed by atoms with van der Waals surface area (Å²) >= 11 is 0. The van der Waals surface area contributed by atoms with Crippen LogP contribution in [-0.2, 0) is 6.54 Å². The van der Waals surface area contributed by atoms with Gasteiger partial charge in [-0.1, -0.05) is 19.4 Å². The van der Waals surface area contributed by atoms with Crippen LogP contribution in [0, 0.1) is 0 Å². The third-order valence-electron chi connectivity index (χ3n) is 3.92. The van der Waals surface area contributed by atoms with E-state index in [1.54, 1.807) is 13.2 Å². The number of aromatic nitrogens is 1. The van der Waals surface area contributed by atoms with Crippen molar-refractivity contribution in [3.8, 4) is 5.88 Å². The lowest BCUT2D eigenvalue weighted by Gasteiger charge is -2.16. The molecule has 2 rings (SSSR count). The molecule has 0 amide bonds. The van der Waals surface area contributed by atoms with Crippen LogP contribution >= 0.6 is 0 Å². The third kappa shape index (κ3) is 5.20. The second-order valence-corrected chi connectivity index (χ2v) is 5.70. The number of hydrogen-bond acceptors (Lipinski definition) is 3. The van der Waals surface area contributed by atoms with Gasteiger partial charge in [-0.15, -0.1) is 0 Å². The number of pyridine rings is 1. The highest BCUT2D eigenvalue weighted by molar-refractivity contribution is 5.79. The summed E-state index contributed by atoms with van der Waals surface area (Å²) in [5, 5.41) is 6.64. The Hall–Kier alpha value is -1.78. The molecule has 1 fully saturated rings. The van der Waals surface area contributed by atoms with Gasteiger partial charge in [0.2, 0.25) is 5.88 Å². The van der Waals surface area contributed by atoms with Gasteiger partial charge in [-0.2, -0.15) is 0 Å². The van der Waals surface area contributed by atoms with E-state index in [-0.39, 0.29) is 0 Å². The molecule has 0 atom stereocenters. The molecule has 0 spiro atoms. The Morgan fingerprint density at radius 2 is 2.18 bits per heavy atom. The first kappa shape index (κ1) is 16.6. The molecule has 1 aliphatic rings. The van der Waals surface area contributed by atoms with Crippen molar-refractivity contribution in [3.63, 3.8) is 0 Å². The normalized spacial score (nSPS) is 15.8. The van der Waals surface area contributed by atoms with E-state index in [9.17, 15) is 0 Å². The maximum Gasteiger partial charge on any atom is 0.218 e. The zero-order valence-electron chi connectivity index (χ0n) is 13.8. The molecule has 5 heteroatoms. The standard InChI is InChI=1S/C17H28N4O/c1-3-4-11-20-17(18-2)21-13-14-8-7-12-19-16(14)22-15-9-5-6-10-15/h7-8,12,15H,3-6,9-11,13H2,1-2H3,(H2,18,20,21). The van der Waals surface area contributed by atoms with E-state index in [1.807, 2.05) is 6.07 Å². The lowest BCUT2D eigenvalue weighted by Crippen LogP contribution is -2.37. The van der Waals surface area contributed by atoms with Crippen molar-refractivity contribution in [3.05, 3.63) is 23.9 Å². The molecule has 1 aromatic rings. The fourth-order valence-electron chi connectivity index (χ4n) is 2.61. The average molecular weight is 304 g/mol. The van der Waals surface area contributed by atoms with Gasteiger partial charge in [0.05, 0.1) is 0 Å². The Labute approximate surface area is 133 Å². The fourth-order valence-corrected chi connectivity index (χ4v) is 2.61. The zero-order valence-corrected chi connectivity index (χ0v) is 13.8. The monoisotopic (exact) mass is 304 g/mol. The molecule has 0 unspecified atom stereocenters. The van der Waals surface area contributed by atoms with Crippen LogP contribution in [-0.4, -0.2) is 30.6 Å². The molecule has 122 valence electrons. The zero-order chi connectivity index (χ0) is 15.6. The largest absolute Gasteiger partial charge is 0.474 e. The number of guanidine groups is 1. The van der Waals surface area contributed by atoms with Gasteiger partial charge in [0.25, 0.3) is 0 Å². The van der Waals surface area contributed by atoms with Crippen LogP contribution in [0.5, 0.6) is 5.88 Å². The first-order valence-electron chi connectivity index (χ1n) is 8.38. The van der Waals surface area contributed by atoms with E-state index in [0.717, 1.165) is 43.2 Å². The Bertz CT molecular complexity index is 469. The highest BCUT2D eigenvalue weighted by Crippen LogP contribution is 2.24. The Balaban J connectivity index is 1.88. The SMILES string of the molecule is CCCCNC(=NC)NCc1cccnc1OC1CCCC1. The van der Waals surface area contributed by atoms with Crippen molar-refractivity contribution in [2.75, 3.05) is 13.6 Å². The Morgan fingerprint density at radius 3 is 2.91 bits per heavy atom. The molecule has 0 bridgehead atoms. The van der Waals surface area contributed by atoms with Gasteiger partial charge in [0.15, 0.2) is 5.96 Å². The molecule has 1 heterocycles. The van der Waals surface area contributed by atoms with Gasteiger partial charge in [-0.25, -0.2) is 4.98 Å². The van der Waals surface area contributed by atoms with E-state index < -0.39 is 0 Å². The smallest absolute Gasteiger partial charge is 0.218 e. The predicted molar refractivity (Wildman–Crippen MR) is 90.2 cm³/mol. The van der Waals surface area contributed by atoms with Gasteiger partial charge in [-0.3, -0.25) is 4.99 Å². The topological polar surface area (TPSA) is 58.5 Å². The molecule has 0 radical (unpaired) electrons. The highest BCUT2D eigenvalue weighted by Gasteiger charge is 2.18.